The fourth-order valence-corrected chi connectivity index (χ4v) is 9.23. The summed E-state index contributed by atoms with van der Waals surface area (Å²) in [6.45, 7) is 0. The molecule has 0 atom stereocenters. The van der Waals surface area contributed by atoms with E-state index < -0.39 is 40.5 Å². The van der Waals surface area contributed by atoms with Crippen LogP contribution in [0, 0.1) is 0 Å². The van der Waals surface area contributed by atoms with Crippen LogP contribution in [0.25, 0.3) is 11.5 Å². The first kappa shape index (κ1) is 43.4. The molecular weight excluding hydrogens is 889 g/mol. The number of halogens is 6. The predicted molar refractivity (Wildman–Crippen MR) is 206 cm³/mol. The lowest BCUT2D eigenvalue weighted by molar-refractivity contribution is -0.114. The van der Waals surface area contributed by atoms with Crippen LogP contribution in [0.4, 0.5) is 11.6 Å². The number of pyridine rings is 2. The molecule has 4 aromatic heterocycles. The summed E-state index contributed by atoms with van der Waals surface area (Å²) in [5.41, 5.74) is -0.666. The molecule has 14 nitrogen and oxygen atoms in total. The second-order valence-corrected chi connectivity index (χ2v) is 19.1. The molecule has 24 heteroatoms. The molecule has 52 heavy (non-hydrogen) atoms. The molecule has 0 aliphatic carbocycles. The van der Waals surface area contributed by atoms with E-state index in [2.05, 4.69) is 20.6 Å². The lowest BCUT2D eigenvalue weighted by Gasteiger charge is -2.26. The Labute approximate surface area is 335 Å². The van der Waals surface area contributed by atoms with Gasteiger partial charge in [-0.15, -0.1) is 22.7 Å². The van der Waals surface area contributed by atoms with Gasteiger partial charge in [-0.25, -0.2) is 26.8 Å². The van der Waals surface area contributed by atoms with Crippen molar-refractivity contribution in [2.45, 2.75) is 18.4 Å². The molecule has 0 saturated heterocycles. The van der Waals surface area contributed by atoms with Crippen molar-refractivity contribution in [2.24, 2.45) is 0 Å². The number of fused-ring (bicyclic) bond motifs is 2. The minimum atomic E-state index is -3.85. The van der Waals surface area contributed by atoms with Crippen molar-refractivity contribution < 1.29 is 36.6 Å². The van der Waals surface area contributed by atoms with Crippen molar-refractivity contribution in [2.75, 3.05) is 24.7 Å². The van der Waals surface area contributed by atoms with Crippen LogP contribution < -0.4 is 10.6 Å². The van der Waals surface area contributed by atoms with Crippen molar-refractivity contribution >= 4 is 147 Å². The van der Waals surface area contributed by atoms with Crippen LogP contribution in [0.15, 0.2) is 92.9 Å². The van der Waals surface area contributed by atoms with E-state index in [0.717, 1.165) is 31.3 Å². The molecule has 0 radical (unpaired) electrons. The van der Waals surface area contributed by atoms with Crippen LogP contribution in [0.5, 0.6) is 0 Å². The van der Waals surface area contributed by atoms with Gasteiger partial charge in [0, 0.05) is 26.5 Å². The third kappa shape index (κ3) is 10.6. The molecular formula is C28H24Cl6N6O8S4. The molecule has 2 aliphatic heterocycles. The number of nitrogens with zero attached hydrogens (tertiary/aromatic N) is 4. The molecule has 0 spiro atoms. The number of aliphatic hydroxyl groups excluding tert-OH is 2. The van der Waals surface area contributed by atoms with E-state index in [1.807, 2.05) is 0 Å². The summed E-state index contributed by atoms with van der Waals surface area (Å²) < 4.78 is 49.5. The molecule has 0 bridgehead atoms. The smallest absolute Gasteiger partial charge is 0.278 e. The Hall–Kier alpha value is -3.04. The number of sulfonamides is 2. The summed E-state index contributed by atoms with van der Waals surface area (Å²) in [4.78, 5) is 32.8. The zero-order valence-electron chi connectivity index (χ0n) is 26.1. The van der Waals surface area contributed by atoms with Crippen LogP contribution >= 0.6 is 92.3 Å². The van der Waals surface area contributed by atoms with E-state index in [0.29, 0.717) is 0 Å². The Morgan fingerprint density at radius 3 is 1.27 bits per heavy atom. The summed E-state index contributed by atoms with van der Waals surface area (Å²) in [7, 11) is -5.26. The zero-order chi connectivity index (χ0) is 39.0. The van der Waals surface area contributed by atoms with E-state index in [-0.39, 0.29) is 54.1 Å². The molecule has 4 aromatic rings. The summed E-state index contributed by atoms with van der Waals surface area (Å²) in [6.07, 6.45) is 2.98. The predicted octanol–water partition coefficient (Wildman–Crippen LogP) is 7.26. The lowest BCUT2D eigenvalue weighted by Crippen LogP contribution is -2.36. The Kier molecular flexibility index (Phi) is 15.7. The van der Waals surface area contributed by atoms with Gasteiger partial charge in [0.15, 0.2) is 31.5 Å². The summed E-state index contributed by atoms with van der Waals surface area (Å²) in [6, 6.07) is 12.6. The topological polar surface area (TPSA) is 199 Å². The number of amides is 2. The number of carbonyl (C=O) groups excluding carboxylic acids is 2. The Morgan fingerprint density at radius 1 is 0.654 bits per heavy atom. The number of hydrogen-bond acceptors (Lipinski definition) is 12. The van der Waals surface area contributed by atoms with Crippen molar-refractivity contribution in [3.05, 3.63) is 92.8 Å². The number of nitrogens with one attached hydrogen (secondary N) is 2. The van der Waals surface area contributed by atoms with Gasteiger partial charge in [-0.2, -0.15) is 0 Å². The number of aromatic nitrogens is 2. The van der Waals surface area contributed by atoms with Crippen LogP contribution in [-0.2, 0) is 29.6 Å². The van der Waals surface area contributed by atoms with Gasteiger partial charge in [-0.3, -0.25) is 18.2 Å². The maximum Gasteiger partial charge on any atom is 0.278 e. The zero-order valence-corrected chi connectivity index (χ0v) is 33.9. The Bertz CT molecular complexity index is 2010. The quantitative estimate of drug-likeness (QED) is 0.151. The summed E-state index contributed by atoms with van der Waals surface area (Å²) in [5.74, 6) is -1.71. The normalized spacial score (nSPS) is 15.2. The van der Waals surface area contributed by atoms with Crippen LogP contribution in [0.3, 0.4) is 0 Å². The van der Waals surface area contributed by atoms with Gasteiger partial charge in [0.25, 0.3) is 31.9 Å². The van der Waals surface area contributed by atoms with E-state index in [1.54, 1.807) is 47.2 Å². The van der Waals surface area contributed by atoms with Gasteiger partial charge in [0.1, 0.15) is 21.4 Å². The second kappa shape index (κ2) is 18.8. The van der Waals surface area contributed by atoms with Gasteiger partial charge < -0.3 is 20.8 Å². The molecule has 280 valence electrons. The molecule has 0 unspecified atom stereocenters. The first-order chi connectivity index (χ1) is 24.3. The molecule has 6 rings (SSSR count). The molecule has 6 heterocycles. The minimum absolute atomic E-state index is 0.00751. The molecule has 2 amide bonds. The molecule has 0 fully saturated rings. The standard InChI is InChI=1S/2C13H11N3O4S2.2CHCl3/c2*1-16-10(13(18)15-9-4-2-3-6-14-9)11(17)12-8(5-7-21-12)22(16,19)20;2*2-1(3)4/h2*2-7,17H,1H3,(H,14,15,18);2*1H. The van der Waals surface area contributed by atoms with Gasteiger partial charge in [-0.1, -0.05) is 81.7 Å². The van der Waals surface area contributed by atoms with E-state index in [4.69, 9.17) is 69.6 Å². The van der Waals surface area contributed by atoms with E-state index in [9.17, 15) is 36.6 Å². The first-order valence-corrected chi connectivity index (χ1v) is 20.9. The van der Waals surface area contributed by atoms with Gasteiger partial charge >= 0.3 is 0 Å². The highest BCUT2D eigenvalue weighted by Gasteiger charge is 2.40. The average molecular weight is 914 g/mol. The molecule has 0 aromatic carbocycles. The Balaban J connectivity index is 0.000000233. The highest BCUT2D eigenvalue weighted by Crippen LogP contribution is 2.39. The fourth-order valence-electron chi connectivity index (χ4n) is 4.12. The van der Waals surface area contributed by atoms with Crippen LogP contribution in [0.1, 0.15) is 9.75 Å². The van der Waals surface area contributed by atoms with Crippen molar-refractivity contribution in [3.63, 3.8) is 0 Å². The van der Waals surface area contributed by atoms with Gasteiger partial charge in [0.2, 0.25) is 0 Å². The minimum Gasteiger partial charge on any atom is -0.504 e. The number of aliphatic hydroxyl groups is 2. The number of anilines is 2. The number of hydrogen-bond donors (Lipinski definition) is 4. The molecule has 0 saturated carbocycles. The first-order valence-electron chi connectivity index (χ1n) is 13.6. The van der Waals surface area contributed by atoms with Crippen LogP contribution in [0.2, 0.25) is 0 Å². The average Bonchev–Trinajstić information content (AvgIpc) is 3.77. The monoisotopic (exact) mass is 910 g/mol. The number of thiophene rings is 2. The molecule has 4 N–H and O–H groups in total. The van der Waals surface area contributed by atoms with E-state index in [1.165, 1.54) is 38.6 Å². The van der Waals surface area contributed by atoms with Crippen LogP contribution in [-0.4, -0.2) is 80.1 Å². The summed E-state index contributed by atoms with van der Waals surface area (Å²) >= 11 is 30.9. The van der Waals surface area contributed by atoms with E-state index >= 15 is 0 Å². The number of alkyl halides is 6. The highest BCUT2D eigenvalue weighted by atomic mass is 35.6. The highest BCUT2D eigenvalue weighted by molar-refractivity contribution is 7.90. The SMILES string of the molecule is CN1C(C(=O)Nc2ccccn2)=C(O)c2sccc2S1(=O)=O.CN1C(C(=O)Nc2ccccn2)=C(O)c2sccc2S1(=O)=O.ClC(Cl)Cl.ClC(Cl)Cl. The maximum absolute atomic E-state index is 12.4. The maximum atomic E-state index is 12.4. The van der Waals surface area contributed by atoms with Gasteiger partial charge in [-0.05, 0) is 47.2 Å². The number of rotatable bonds is 4. The van der Waals surface area contributed by atoms with Crippen molar-refractivity contribution in [3.8, 4) is 0 Å². The second-order valence-electron chi connectivity index (χ2n) is 9.40. The number of likely N-dealkylation sites (N-methyl/N-ethyl adjacent to an activating group) is 2. The molecule has 2 aliphatic rings. The third-order valence-electron chi connectivity index (χ3n) is 6.29. The van der Waals surface area contributed by atoms with Gasteiger partial charge in [0.05, 0.1) is 9.75 Å². The lowest BCUT2D eigenvalue weighted by atomic mass is 10.3. The summed E-state index contributed by atoms with van der Waals surface area (Å²) in [5, 5.41) is 28.6. The third-order valence-corrected chi connectivity index (χ3v) is 12.0. The Morgan fingerprint density at radius 2 is 0.981 bits per heavy atom. The number of carbonyl (C=O) groups is 2. The fraction of sp³-hybridized carbons (Fsp3) is 0.143. The largest absolute Gasteiger partial charge is 0.504 e. The van der Waals surface area contributed by atoms with Crippen molar-refractivity contribution in [1.82, 2.24) is 18.6 Å². The van der Waals surface area contributed by atoms with Crippen molar-refractivity contribution in [1.29, 1.82) is 0 Å².